The van der Waals surface area contributed by atoms with Crippen molar-refractivity contribution in [1.82, 2.24) is 4.98 Å². The third-order valence-corrected chi connectivity index (χ3v) is 4.75. The second kappa shape index (κ2) is 6.49. The molecule has 24 heavy (non-hydrogen) atoms. The van der Waals surface area contributed by atoms with Crippen molar-refractivity contribution in [3.63, 3.8) is 0 Å². The smallest absolute Gasteiger partial charge is 0.267 e. The molecule has 122 valence electrons. The van der Waals surface area contributed by atoms with Crippen LogP contribution in [0.3, 0.4) is 0 Å². The number of para-hydroxylation sites is 1. The molecule has 0 saturated heterocycles. The van der Waals surface area contributed by atoms with E-state index in [0.29, 0.717) is 16.3 Å². The molecule has 0 bridgehead atoms. The molecule has 0 aliphatic carbocycles. The van der Waals surface area contributed by atoms with Gasteiger partial charge >= 0.3 is 0 Å². The summed E-state index contributed by atoms with van der Waals surface area (Å²) in [5.41, 5.74) is 1.84. The Hall–Kier alpha value is -2.60. The minimum Gasteiger partial charge on any atom is -0.321 e. The second-order valence-corrected chi connectivity index (χ2v) is 6.30. The van der Waals surface area contributed by atoms with Gasteiger partial charge in [-0.2, -0.15) is 0 Å². The van der Waals surface area contributed by atoms with Crippen molar-refractivity contribution >= 4 is 22.9 Å². The molecule has 0 saturated carbocycles. The van der Waals surface area contributed by atoms with Crippen molar-refractivity contribution < 1.29 is 13.6 Å². The molecule has 1 amide bonds. The highest BCUT2D eigenvalue weighted by atomic mass is 32.1. The van der Waals surface area contributed by atoms with Gasteiger partial charge in [0.2, 0.25) is 0 Å². The first-order chi connectivity index (χ1) is 11.5. The van der Waals surface area contributed by atoms with Crippen LogP contribution >= 0.6 is 11.3 Å². The number of halogens is 2. The van der Waals surface area contributed by atoms with E-state index in [-0.39, 0.29) is 16.5 Å². The lowest BCUT2D eigenvalue weighted by molar-refractivity contribution is 0.102. The quantitative estimate of drug-likeness (QED) is 0.730. The Morgan fingerprint density at radius 2 is 1.71 bits per heavy atom. The molecule has 3 rings (SSSR count). The van der Waals surface area contributed by atoms with Crippen molar-refractivity contribution in [2.45, 2.75) is 13.8 Å². The normalized spacial score (nSPS) is 10.7. The number of anilines is 1. The van der Waals surface area contributed by atoms with Gasteiger partial charge in [0.05, 0.1) is 11.3 Å². The Morgan fingerprint density at radius 3 is 2.38 bits per heavy atom. The molecule has 1 aromatic heterocycles. The van der Waals surface area contributed by atoms with Crippen LogP contribution in [0.5, 0.6) is 0 Å². The van der Waals surface area contributed by atoms with Crippen LogP contribution in [0.15, 0.2) is 42.5 Å². The maximum absolute atomic E-state index is 13.9. The molecule has 0 unspecified atom stereocenters. The van der Waals surface area contributed by atoms with Gasteiger partial charge in [0.25, 0.3) is 5.91 Å². The van der Waals surface area contributed by atoms with Crippen LogP contribution in [0.2, 0.25) is 0 Å². The number of benzene rings is 2. The van der Waals surface area contributed by atoms with Gasteiger partial charge in [-0.1, -0.05) is 24.3 Å². The predicted molar refractivity (Wildman–Crippen MR) is 91.3 cm³/mol. The highest BCUT2D eigenvalue weighted by molar-refractivity contribution is 7.17. The average Bonchev–Trinajstić information content (AvgIpc) is 2.91. The van der Waals surface area contributed by atoms with E-state index < -0.39 is 11.6 Å². The Balaban J connectivity index is 1.95. The number of hydrogen-bond donors (Lipinski definition) is 1. The zero-order valence-corrected chi connectivity index (χ0v) is 13.9. The maximum atomic E-state index is 13.9. The largest absolute Gasteiger partial charge is 0.321 e. The van der Waals surface area contributed by atoms with E-state index in [0.717, 1.165) is 16.9 Å². The summed E-state index contributed by atoms with van der Waals surface area (Å²) in [5, 5.41) is 2.96. The summed E-state index contributed by atoms with van der Waals surface area (Å²) in [4.78, 5) is 17.0. The molecule has 0 aliphatic heterocycles. The van der Waals surface area contributed by atoms with E-state index in [1.807, 2.05) is 25.1 Å². The van der Waals surface area contributed by atoms with Crippen molar-refractivity contribution in [3.8, 4) is 10.6 Å². The van der Waals surface area contributed by atoms with Crippen LogP contribution in [0.25, 0.3) is 10.6 Å². The number of carbonyl (C=O) groups excluding carboxylic acids is 1. The molecule has 6 heteroatoms. The number of carbonyl (C=O) groups is 1. The van der Waals surface area contributed by atoms with Gasteiger partial charge < -0.3 is 5.32 Å². The number of rotatable bonds is 3. The van der Waals surface area contributed by atoms with E-state index in [2.05, 4.69) is 10.3 Å². The third kappa shape index (κ3) is 3.05. The molecule has 3 nitrogen and oxygen atoms in total. The standard InChI is InChI=1S/C18H14F2N2OS/c1-10-6-3-4-9-14(10)22-17(23)16-11(2)21-18(24-16)15-12(19)7-5-8-13(15)20/h3-9H,1-2H3,(H,22,23). The van der Waals surface area contributed by atoms with Crippen LogP contribution in [0, 0.1) is 25.5 Å². The number of aryl methyl sites for hydroxylation is 2. The van der Waals surface area contributed by atoms with Crippen LogP contribution in [-0.2, 0) is 0 Å². The summed E-state index contributed by atoms with van der Waals surface area (Å²) in [7, 11) is 0. The monoisotopic (exact) mass is 344 g/mol. The summed E-state index contributed by atoms with van der Waals surface area (Å²) >= 11 is 0.971. The maximum Gasteiger partial charge on any atom is 0.267 e. The Morgan fingerprint density at radius 1 is 1.04 bits per heavy atom. The molecule has 1 heterocycles. The lowest BCUT2D eigenvalue weighted by Gasteiger charge is -2.06. The number of thiazole rings is 1. The predicted octanol–water partition coefficient (Wildman–Crippen LogP) is 4.96. The van der Waals surface area contributed by atoms with E-state index in [4.69, 9.17) is 0 Å². The van der Waals surface area contributed by atoms with Gasteiger partial charge in [0.1, 0.15) is 21.5 Å². The molecule has 0 aliphatic rings. The first kappa shape index (κ1) is 16.3. The second-order valence-electron chi connectivity index (χ2n) is 5.30. The Kier molecular flexibility index (Phi) is 4.40. The van der Waals surface area contributed by atoms with Crippen molar-refractivity contribution in [2.24, 2.45) is 0 Å². The van der Waals surface area contributed by atoms with Crippen LogP contribution in [-0.4, -0.2) is 10.9 Å². The molecular weight excluding hydrogens is 330 g/mol. The fraction of sp³-hybridized carbons (Fsp3) is 0.111. The van der Waals surface area contributed by atoms with E-state index in [9.17, 15) is 13.6 Å². The number of nitrogens with zero attached hydrogens (tertiary/aromatic N) is 1. The molecule has 1 N–H and O–H groups in total. The van der Waals surface area contributed by atoms with Crippen molar-refractivity contribution in [3.05, 3.63) is 70.2 Å². The highest BCUT2D eigenvalue weighted by Gasteiger charge is 2.20. The zero-order chi connectivity index (χ0) is 17.3. The van der Waals surface area contributed by atoms with Crippen LogP contribution < -0.4 is 5.32 Å². The van der Waals surface area contributed by atoms with Crippen molar-refractivity contribution in [1.29, 1.82) is 0 Å². The van der Waals surface area contributed by atoms with E-state index in [1.54, 1.807) is 13.0 Å². The fourth-order valence-electron chi connectivity index (χ4n) is 2.31. The zero-order valence-electron chi connectivity index (χ0n) is 13.1. The molecular formula is C18H14F2N2OS. The molecule has 0 fully saturated rings. The topological polar surface area (TPSA) is 42.0 Å². The number of hydrogen-bond acceptors (Lipinski definition) is 3. The molecule has 0 radical (unpaired) electrons. The number of amides is 1. The minimum absolute atomic E-state index is 0.151. The molecule has 3 aromatic rings. The average molecular weight is 344 g/mol. The van der Waals surface area contributed by atoms with E-state index in [1.165, 1.54) is 18.2 Å². The van der Waals surface area contributed by atoms with E-state index >= 15 is 0 Å². The number of nitrogens with one attached hydrogen (secondary N) is 1. The summed E-state index contributed by atoms with van der Waals surface area (Å²) in [6.07, 6.45) is 0. The van der Waals surface area contributed by atoms with Crippen LogP contribution in [0.1, 0.15) is 20.9 Å². The van der Waals surface area contributed by atoms with Gasteiger partial charge in [-0.3, -0.25) is 4.79 Å². The van der Waals surface area contributed by atoms with Crippen LogP contribution in [0.4, 0.5) is 14.5 Å². The Bertz CT molecular complexity index is 901. The first-order valence-electron chi connectivity index (χ1n) is 7.26. The van der Waals surface area contributed by atoms with Gasteiger partial charge in [-0.25, -0.2) is 13.8 Å². The lowest BCUT2D eigenvalue weighted by atomic mass is 10.2. The first-order valence-corrected chi connectivity index (χ1v) is 8.08. The van der Waals surface area contributed by atoms with Gasteiger partial charge in [-0.15, -0.1) is 11.3 Å². The molecule has 2 aromatic carbocycles. The van der Waals surface area contributed by atoms with Gasteiger partial charge in [0.15, 0.2) is 0 Å². The highest BCUT2D eigenvalue weighted by Crippen LogP contribution is 2.32. The summed E-state index contributed by atoms with van der Waals surface area (Å²) in [5.74, 6) is -1.74. The SMILES string of the molecule is Cc1ccccc1NC(=O)c1sc(-c2c(F)cccc2F)nc1C. The summed E-state index contributed by atoms with van der Waals surface area (Å²) in [6, 6.07) is 11.0. The van der Waals surface area contributed by atoms with Gasteiger partial charge in [-0.05, 0) is 37.6 Å². The molecule has 0 spiro atoms. The fourth-order valence-corrected chi connectivity index (χ4v) is 3.32. The Labute approximate surface area is 142 Å². The number of aromatic nitrogens is 1. The van der Waals surface area contributed by atoms with Gasteiger partial charge in [0, 0.05) is 5.69 Å². The minimum atomic E-state index is -0.699. The van der Waals surface area contributed by atoms with Crippen molar-refractivity contribution in [2.75, 3.05) is 5.32 Å². The lowest BCUT2D eigenvalue weighted by Crippen LogP contribution is -2.12. The summed E-state index contributed by atoms with van der Waals surface area (Å²) < 4.78 is 27.8. The third-order valence-electron chi connectivity index (χ3n) is 3.57. The summed E-state index contributed by atoms with van der Waals surface area (Å²) in [6.45, 7) is 3.53. The molecule has 0 atom stereocenters.